The number of amides is 2. The Kier molecular flexibility index (Phi) is 8.07. The minimum absolute atomic E-state index is 0.244. The predicted molar refractivity (Wildman–Crippen MR) is 162 cm³/mol. The first-order valence-electron chi connectivity index (χ1n) is 16.1. The number of alkyl halides is 6. The molecule has 2 aromatic carbocycles. The molecule has 0 spiro atoms. The summed E-state index contributed by atoms with van der Waals surface area (Å²) in [7, 11) is 0. The van der Waals surface area contributed by atoms with Gasteiger partial charge in [-0.1, -0.05) is 0 Å². The van der Waals surface area contributed by atoms with Crippen molar-refractivity contribution in [2.45, 2.75) is 63.7 Å². The van der Waals surface area contributed by atoms with E-state index in [0.29, 0.717) is 72.4 Å². The zero-order chi connectivity index (χ0) is 33.8. The average molecular weight is 671 g/mol. The van der Waals surface area contributed by atoms with Gasteiger partial charge in [0.25, 0.3) is 11.8 Å². The Balaban J connectivity index is 0.997. The van der Waals surface area contributed by atoms with E-state index in [2.05, 4.69) is 10.2 Å². The van der Waals surface area contributed by atoms with Crippen LogP contribution in [0.5, 0.6) is 0 Å². The van der Waals surface area contributed by atoms with Gasteiger partial charge in [-0.15, -0.1) is 0 Å². The van der Waals surface area contributed by atoms with Gasteiger partial charge in [0, 0.05) is 59.8 Å². The summed E-state index contributed by atoms with van der Waals surface area (Å²) in [5.41, 5.74) is 1.55. The van der Waals surface area contributed by atoms with Crippen molar-refractivity contribution in [3.05, 3.63) is 93.6 Å². The van der Waals surface area contributed by atoms with Crippen molar-refractivity contribution in [1.29, 1.82) is 0 Å². The zero-order valence-electron chi connectivity index (χ0n) is 25.9. The van der Waals surface area contributed by atoms with Gasteiger partial charge in [-0.25, -0.2) is 9.36 Å². The molecule has 4 aromatic rings. The van der Waals surface area contributed by atoms with Crippen LogP contribution in [0.3, 0.4) is 0 Å². The second-order valence-electron chi connectivity index (χ2n) is 12.5. The maximum atomic E-state index is 13.6. The molecule has 2 amide bonds. The highest BCUT2D eigenvalue weighted by Gasteiger charge is 2.41. The first-order valence-corrected chi connectivity index (χ1v) is 16.1. The van der Waals surface area contributed by atoms with Crippen LogP contribution >= 0.6 is 0 Å². The van der Waals surface area contributed by atoms with Gasteiger partial charge in [-0.3, -0.25) is 9.59 Å². The number of piperazine rings is 1. The summed E-state index contributed by atoms with van der Waals surface area (Å²) in [6, 6.07) is 12.7. The molecular formula is C34H32F6N6O2. The van der Waals surface area contributed by atoms with Gasteiger partial charge in [-0.05, 0) is 99.9 Å². The number of halogens is 6. The number of carbonyl (C=O) groups excluding carboxylic acids is 2. The average Bonchev–Trinajstić information content (AvgIpc) is 3.68. The molecule has 0 N–H and O–H groups in total. The lowest BCUT2D eigenvalue weighted by Crippen LogP contribution is -2.50. The van der Waals surface area contributed by atoms with Crippen LogP contribution in [0, 0.1) is 0 Å². The number of hydrogen-bond acceptors (Lipinski definition) is 4. The van der Waals surface area contributed by atoms with Crippen LogP contribution in [-0.4, -0.2) is 67.4 Å². The SMILES string of the molecule is O=C(c1ccc(-n2nc(C(F)(F)F)c3c2CCCC3)cc1)N1CCN(C(=O)c2ccc(-n3nc(C(F)(F)F)c4c3CCCC4)cc2)CC1. The lowest BCUT2D eigenvalue weighted by atomic mass is 9.95. The summed E-state index contributed by atoms with van der Waals surface area (Å²) < 4.78 is 84.5. The smallest absolute Gasteiger partial charge is 0.335 e. The van der Waals surface area contributed by atoms with Crippen molar-refractivity contribution in [2.75, 3.05) is 26.2 Å². The third kappa shape index (κ3) is 5.85. The molecule has 1 fully saturated rings. The molecular weight excluding hydrogens is 638 g/mol. The van der Waals surface area contributed by atoms with E-state index < -0.39 is 23.7 Å². The number of rotatable bonds is 4. The number of benzene rings is 2. The molecule has 14 heteroatoms. The van der Waals surface area contributed by atoms with Gasteiger partial charge in [-0.2, -0.15) is 36.5 Å². The second kappa shape index (κ2) is 12.1. The van der Waals surface area contributed by atoms with E-state index in [1.807, 2.05) is 0 Å². The van der Waals surface area contributed by atoms with Gasteiger partial charge in [0.15, 0.2) is 11.4 Å². The van der Waals surface area contributed by atoms with Crippen LogP contribution in [0.25, 0.3) is 11.4 Å². The molecule has 48 heavy (non-hydrogen) atoms. The summed E-state index contributed by atoms with van der Waals surface area (Å²) in [6.07, 6.45) is -4.48. The van der Waals surface area contributed by atoms with Gasteiger partial charge in [0.05, 0.1) is 11.4 Å². The highest BCUT2D eigenvalue weighted by atomic mass is 19.4. The number of aromatic nitrogens is 4. The summed E-state index contributed by atoms with van der Waals surface area (Å²) in [6.45, 7) is 1.13. The van der Waals surface area contributed by atoms with Gasteiger partial charge in [0.1, 0.15) is 0 Å². The van der Waals surface area contributed by atoms with Crippen LogP contribution in [0.1, 0.15) is 80.3 Å². The quantitative estimate of drug-likeness (QED) is 0.234. The summed E-state index contributed by atoms with van der Waals surface area (Å²) >= 11 is 0. The molecule has 3 aliphatic rings. The number of fused-ring (bicyclic) bond motifs is 2. The highest BCUT2D eigenvalue weighted by Crippen LogP contribution is 2.38. The molecule has 2 aliphatic carbocycles. The van der Waals surface area contributed by atoms with Crippen molar-refractivity contribution in [2.24, 2.45) is 0 Å². The Morgan fingerprint density at radius 1 is 0.521 bits per heavy atom. The topological polar surface area (TPSA) is 76.3 Å². The van der Waals surface area contributed by atoms with Crippen LogP contribution < -0.4 is 0 Å². The molecule has 8 nitrogen and oxygen atoms in total. The second-order valence-corrected chi connectivity index (χ2v) is 12.5. The largest absolute Gasteiger partial charge is 0.435 e. The fraction of sp³-hybridized carbons (Fsp3) is 0.412. The van der Waals surface area contributed by atoms with Gasteiger partial charge >= 0.3 is 12.4 Å². The Morgan fingerprint density at radius 2 is 0.854 bits per heavy atom. The number of nitrogens with zero attached hydrogens (tertiary/aromatic N) is 6. The molecule has 7 rings (SSSR count). The Bertz CT molecular complexity index is 1710. The Hall–Kier alpha value is -4.62. The fourth-order valence-electron chi connectivity index (χ4n) is 7.05. The Morgan fingerprint density at radius 3 is 1.19 bits per heavy atom. The minimum Gasteiger partial charge on any atom is -0.335 e. The summed E-state index contributed by atoms with van der Waals surface area (Å²) in [4.78, 5) is 29.8. The van der Waals surface area contributed by atoms with Gasteiger partial charge in [0.2, 0.25) is 0 Å². The number of hydrogen-bond donors (Lipinski definition) is 0. The third-order valence-corrected chi connectivity index (χ3v) is 9.47. The van der Waals surface area contributed by atoms with Gasteiger partial charge < -0.3 is 9.80 Å². The summed E-state index contributed by atoms with van der Waals surface area (Å²) in [5, 5.41) is 7.82. The third-order valence-electron chi connectivity index (χ3n) is 9.47. The van der Waals surface area contributed by atoms with E-state index >= 15 is 0 Å². The lowest BCUT2D eigenvalue weighted by molar-refractivity contribution is -0.142. The number of carbonyl (C=O) groups is 2. The standard InChI is InChI=1S/C34H32F6N6O2/c35-33(36,37)29-25-5-1-3-7-27(25)45(41-29)23-13-9-21(10-14-23)31(47)43-17-19-44(20-18-43)32(48)22-11-15-24(16-12-22)46-28-8-4-2-6-26(28)30(42-46)34(38,39)40/h9-16H,1-8,17-20H2. The van der Waals surface area contributed by atoms with E-state index in [1.54, 1.807) is 58.3 Å². The molecule has 0 bridgehead atoms. The minimum atomic E-state index is -4.54. The van der Waals surface area contributed by atoms with Crippen LogP contribution in [0.15, 0.2) is 48.5 Å². The molecule has 252 valence electrons. The molecule has 0 radical (unpaired) electrons. The molecule has 0 unspecified atom stereocenters. The highest BCUT2D eigenvalue weighted by molar-refractivity contribution is 5.96. The first-order chi connectivity index (χ1) is 22.9. The van der Waals surface area contributed by atoms with Crippen LogP contribution in [-0.2, 0) is 38.0 Å². The van der Waals surface area contributed by atoms with E-state index in [4.69, 9.17) is 0 Å². The zero-order valence-corrected chi connectivity index (χ0v) is 25.9. The van der Waals surface area contributed by atoms with Crippen molar-refractivity contribution in [3.63, 3.8) is 0 Å². The molecule has 0 atom stereocenters. The monoisotopic (exact) mass is 670 g/mol. The fourth-order valence-corrected chi connectivity index (χ4v) is 7.05. The summed E-state index contributed by atoms with van der Waals surface area (Å²) in [5.74, 6) is -0.505. The van der Waals surface area contributed by atoms with Crippen molar-refractivity contribution in [1.82, 2.24) is 29.4 Å². The van der Waals surface area contributed by atoms with E-state index in [9.17, 15) is 35.9 Å². The maximum absolute atomic E-state index is 13.6. The van der Waals surface area contributed by atoms with E-state index in [-0.39, 0.29) is 49.1 Å². The molecule has 2 aromatic heterocycles. The van der Waals surface area contributed by atoms with E-state index in [1.165, 1.54) is 9.36 Å². The maximum Gasteiger partial charge on any atom is 0.435 e. The Labute approximate surface area is 271 Å². The molecule has 1 saturated heterocycles. The van der Waals surface area contributed by atoms with E-state index in [0.717, 1.165) is 12.8 Å². The van der Waals surface area contributed by atoms with Crippen molar-refractivity contribution < 1.29 is 35.9 Å². The molecule has 3 heterocycles. The normalized spacial score (nSPS) is 16.9. The van der Waals surface area contributed by atoms with Crippen molar-refractivity contribution in [3.8, 4) is 11.4 Å². The van der Waals surface area contributed by atoms with Crippen LogP contribution in [0.4, 0.5) is 26.3 Å². The first kappa shape index (κ1) is 32.0. The lowest BCUT2D eigenvalue weighted by Gasteiger charge is -2.35. The van der Waals surface area contributed by atoms with Crippen molar-refractivity contribution >= 4 is 11.8 Å². The molecule has 0 saturated carbocycles. The molecule has 1 aliphatic heterocycles. The van der Waals surface area contributed by atoms with Crippen LogP contribution in [0.2, 0.25) is 0 Å². The predicted octanol–water partition coefficient (Wildman–Crippen LogP) is 6.45.